The number of nitrogen functional groups attached to an aromatic ring is 1. The Morgan fingerprint density at radius 2 is 1.78 bits per heavy atom. The average Bonchev–Trinajstić information content (AvgIpc) is 2.95. The van der Waals surface area contributed by atoms with Crippen LogP contribution < -0.4 is 15.2 Å². The topological polar surface area (TPSA) is 103 Å². The number of benzene rings is 2. The molecule has 3 N–H and O–H groups in total. The van der Waals surface area contributed by atoms with E-state index < -0.39 is 4.92 Å². The predicted molar refractivity (Wildman–Crippen MR) is 87.9 cm³/mol. The van der Waals surface area contributed by atoms with Crippen molar-refractivity contribution in [1.82, 2.24) is 4.98 Å². The van der Waals surface area contributed by atoms with E-state index in [-0.39, 0.29) is 5.69 Å². The van der Waals surface area contributed by atoms with Crippen molar-refractivity contribution in [2.75, 3.05) is 20.0 Å². The minimum Gasteiger partial charge on any atom is -0.493 e. The summed E-state index contributed by atoms with van der Waals surface area (Å²) < 4.78 is 10.6. The third-order valence-electron chi connectivity index (χ3n) is 3.69. The Morgan fingerprint density at radius 3 is 2.43 bits per heavy atom. The first-order chi connectivity index (χ1) is 11.0. The Morgan fingerprint density at radius 1 is 1.09 bits per heavy atom. The first-order valence-corrected chi connectivity index (χ1v) is 6.82. The maximum absolute atomic E-state index is 11.3. The molecule has 0 fully saturated rings. The van der Waals surface area contributed by atoms with Gasteiger partial charge in [0.2, 0.25) is 0 Å². The smallest absolute Gasteiger partial charge is 0.279 e. The molecule has 7 heteroatoms. The summed E-state index contributed by atoms with van der Waals surface area (Å²) in [6, 6.07) is 8.23. The third-order valence-corrected chi connectivity index (χ3v) is 3.69. The van der Waals surface area contributed by atoms with Gasteiger partial charge < -0.3 is 20.2 Å². The molecule has 7 nitrogen and oxygen atoms in total. The SMILES string of the molecule is COc1cc2[nH]cc(-c3ccc(N)cc3[N+](=O)[O-])c2cc1OC. The summed E-state index contributed by atoms with van der Waals surface area (Å²) in [5, 5.41) is 12.1. The van der Waals surface area contributed by atoms with Crippen molar-refractivity contribution in [3.8, 4) is 22.6 Å². The van der Waals surface area contributed by atoms with E-state index in [1.165, 1.54) is 6.07 Å². The molecule has 0 aliphatic carbocycles. The van der Waals surface area contributed by atoms with Crippen LogP contribution in [0.5, 0.6) is 11.5 Å². The van der Waals surface area contributed by atoms with E-state index in [2.05, 4.69) is 4.98 Å². The number of fused-ring (bicyclic) bond motifs is 1. The number of aromatic nitrogens is 1. The van der Waals surface area contributed by atoms with E-state index in [0.717, 1.165) is 10.9 Å². The third kappa shape index (κ3) is 2.42. The highest BCUT2D eigenvalue weighted by molar-refractivity contribution is 5.99. The highest BCUT2D eigenvalue weighted by Gasteiger charge is 2.19. The number of nitro groups is 1. The van der Waals surface area contributed by atoms with E-state index in [4.69, 9.17) is 15.2 Å². The molecule has 1 aromatic heterocycles. The molecule has 3 rings (SSSR count). The van der Waals surface area contributed by atoms with Crippen LogP contribution in [-0.4, -0.2) is 24.1 Å². The zero-order valence-corrected chi connectivity index (χ0v) is 12.6. The molecule has 23 heavy (non-hydrogen) atoms. The molecule has 0 unspecified atom stereocenters. The van der Waals surface area contributed by atoms with E-state index >= 15 is 0 Å². The highest BCUT2D eigenvalue weighted by atomic mass is 16.6. The molecule has 0 saturated carbocycles. The number of nitrogens with zero attached hydrogens (tertiary/aromatic N) is 1. The molecular weight excluding hydrogens is 298 g/mol. The maximum atomic E-state index is 11.3. The first-order valence-electron chi connectivity index (χ1n) is 6.82. The number of anilines is 1. The minimum absolute atomic E-state index is 0.0410. The zero-order valence-electron chi connectivity index (χ0n) is 12.6. The molecular formula is C16H15N3O4. The fourth-order valence-electron chi connectivity index (χ4n) is 2.60. The molecule has 0 radical (unpaired) electrons. The van der Waals surface area contributed by atoms with E-state index in [9.17, 15) is 10.1 Å². The monoisotopic (exact) mass is 313 g/mol. The number of nitrogens with two attached hydrogens (primary N) is 1. The molecule has 3 aromatic rings. The van der Waals surface area contributed by atoms with Crippen molar-refractivity contribution in [2.45, 2.75) is 0 Å². The van der Waals surface area contributed by atoms with Crippen molar-refractivity contribution in [1.29, 1.82) is 0 Å². The second-order valence-electron chi connectivity index (χ2n) is 4.99. The van der Waals surface area contributed by atoms with Crippen molar-refractivity contribution in [2.24, 2.45) is 0 Å². The van der Waals surface area contributed by atoms with Crippen molar-refractivity contribution < 1.29 is 14.4 Å². The van der Waals surface area contributed by atoms with Crippen LogP contribution in [0.15, 0.2) is 36.5 Å². The second kappa shape index (κ2) is 5.53. The fraction of sp³-hybridized carbons (Fsp3) is 0.125. The lowest BCUT2D eigenvalue weighted by molar-refractivity contribution is -0.384. The van der Waals surface area contributed by atoms with Gasteiger partial charge in [0.1, 0.15) is 0 Å². The summed E-state index contributed by atoms with van der Waals surface area (Å²) in [6.45, 7) is 0. The number of hydrogen-bond acceptors (Lipinski definition) is 5. The van der Waals surface area contributed by atoms with Gasteiger partial charge in [0, 0.05) is 40.5 Å². The molecule has 0 amide bonds. The maximum Gasteiger partial charge on any atom is 0.279 e. The van der Waals surface area contributed by atoms with Gasteiger partial charge >= 0.3 is 0 Å². The quantitative estimate of drug-likeness (QED) is 0.437. The van der Waals surface area contributed by atoms with Crippen LogP contribution in [0.1, 0.15) is 0 Å². The van der Waals surface area contributed by atoms with E-state index in [1.54, 1.807) is 44.7 Å². The minimum atomic E-state index is -0.439. The summed E-state index contributed by atoms with van der Waals surface area (Å²) in [7, 11) is 3.10. The second-order valence-corrected chi connectivity index (χ2v) is 4.99. The molecule has 0 atom stereocenters. The van der Waals surface area contributed by atoms with Gasteiger partial charge in [-0.3, -0.25) is 10.1 Å². The van der Waals surface area contributed by atoms with Crippen LogP contribution in [0.3, 0.4) is 0 Å². The normalized spacial score (nSPS) is 10.7. The molecule has 0 bridgehead atoms. The molecule has 118 valence electrons. The van der Waals surface area contributed by atoms with Crippen LogP contribution in [0.4, 0.5) is 11.4 Å². The van der Waals surface area contributed by atoms with Gasteiger partial charge in [-0.05, 0) is 18.2 Å². The van der Waals surface area contributed by atoms with Gasteiger partial charge in [0.15, 0.2) is 11.5 Å². The highest BCUT2D eigenvalue weighted by Crippen LogP contribution is 2.40. The van der Waals surface area contributed by atoms with Gasteiger partial charge in [0.05, 0.1) is 24.7 Å². The summed E-state index contributed by atoms with van der Waals surface area (Å²) in [5.74, 6) is 1.14. The molecule has 0 aliphatic heterocycles. The number of rotatable bonds is 4. The van der Waals surface area contributed by atoms with Crippen LogP contribution in [-0.2, 0) is 0 Å². The van der Waals surface area contributed by atoms with Crippen molar-refractivity contribution >= 4 is 22.3 Å². The Hall–Kier alpha value is -3.22. The summed E-state index contributed by atoms with van der Waals surface area (Å²) in [4.78, 5) is 14.0. The van der Waals surface area contributed by atoms with Crippen LogP contribution in [0.25, 0.3) is 22.0 Å². The molecule has 1 heterocycles. The van der Waals surface area contributed by atoms with Gasteiger partial charge in [-0.15, -0.1) is 0 Å². The van der Waals surface area contributed by atoms with Crippen molar-refractivity contribution in [3.05, 3.63) is 46.6 Å². The lowest BCUT2D eigenvalue weighted by Crippen LogP contribution is -1.94. The molecule has 2 aromatic carbocycles. The summed E-state index contributed by atoms with van der Waals surface area (Å²) in [5.41, 5.74) is 7.96. The Kier molecular flexibility index (Phi) is 3.53. The number of aromatic amines is 1. The Balaban J connectivity index is 2.27. The summed E-state index contributed by atoms with van der Waals surface area (Å²) in [6.07, 6.45) is 1.72. The fourth-order valence-corrected chi connectivity index (χ4v) is 2.60. The number of nitro benzene ring substituents is 1. The number of nitrogens with one attached hydrogen (secondary N) is 1. The van der Waals surface area contributed by atoms with Gasteiger partial charge in [0.25, 0.3) is 5.69 Å². The van der Waals surface area contributed by atoms with E-state index in [0.29, 0.717) is 28.3 Å². The van der Waals surface area contributed by atoms with Gasteiger partial charge in [-0.1, -0.05) is 0 Å². The van der Waals surface area contributed by atoms with Crippen LogP contribution >= 0.6 is 0 Å². The van der Waals surface area contributed by atoms with Crippen molar-refractivity contribution in [3.63, 3.8) is 0 Å². The first kappa shape index (κ1) is 14.7. The lowest BCUT2D eigenvalue weighted by Gasteiger charge is -2.08. The zero-order chi connectivity index (χ0) is 16.6. The van der Waals surface area contributed by atoms with Gasteiger partial charge in [-0.25, -0.2) is 0 Å². The van der Waals surface area contributed by atoms with Crippen LogP contribution in [0, 0.1) is 10.1 Å². The number of methoxy groups -OCH3 is 2. The van der Waals surface area contributed by atoms with E-state index in [1.807, 2.05) is 0 Å². The summed E-state index contributed by atoms with van der Waals surface area (Å²) >= 11 is 0. The largest absolute Gasteiger partial charge is 0.493 e. The standard InChI is InChI=1S/C16H15N3O4/c1-22-15-6-11-12(8-18-13(11)7-16(15)23-2)10-4-3-9(17)5-14(10)19(20)21/h3-8,18H,17H2,1-2H3. The Bertz CT molecular complexity index is 902. The Labute approximate surface area is 131 Å². The molecule has 0 saturated heterocycles. The molecule has 0 spiro atoms. The van der Waals surface area contributed by atoms with Crippen LogP contribution in [0.2, 0.25) is 0 Å². The number of H-pyrrole nitrogens is 1. The van der Waals surface area contributed by atoms with Gasteiger partial charge in [-0.2, -0.15) is 0 Å². The predicted octanol–water partition coefficient (Wildman–Crippen LogP) is 3.34. The number of hydrogen-bond donors (Lipinski definition) is 2. The molecule has 0 aliphatic rings. The average molecular weight is 313 g/mol. The lowest BCUT2D eigenvalue weighted by atomic mass is 10.0. The number of ether oxygens (including phenoxy) is 2.